The second-order valence-corrected chi connectivity index (χ2v) is 4.19. The maximum atomic E-state index is 13.8. The van der Waals surface area contributed by atoms with E-state index in [1.807, 2.05) is 0 Å². The van der Waals surface area contributed by atoms with Gasteiger partial charge in [0.1, 0.15) is 17.3 Å². The zero-order valence-corrected chi connectivity index (χ0v) is 11.0. The minimum atomic E-state index is -0.818. The van der Waals surface area contributed by atoms with Crippen LogP contribution in [0.2, 0.25) is 0 Å². The van der Waals surface area contributed by atoms with Gasteiger partial charge in [-0.15, -0.1) is 0 Å². The third-order valence-corrected chi connectivity index (χ3v) is 2.80. The van der Waals surface area contributed by atoms with E-state index in [-0.39, 0.29) is 11.1 Å². The van der Waals surface area contributed by atoms with Gasteiger partial charge >= 0.3 is 0 Å². The molecule has 0 unspecified atom stereocenters. The van der Waals surface area contributed by atoms with Crippen LogP contribution in [-0.4, -0.2) is 17.9 Å². The Morgan fingerprint density at radius 3 is 2.55 bits per heavy atom. The highest BCUT2D eigenvalue weighted by Crippen LogP contribution is 2.22. The van der Waals surface area contributed by atoms with Crippen LogP contribution < -0.4 is 10.6 Å². The van der Waals surface area contributed by atoms with Gasteiger partial charge in [-0.1, -0.05) is 6.07 Å². The molecule has 0 aliphatic rings. The maximum absolute atomic E-state index is 13.8. The number of benzene rings is 1. The molecule has 2 aromatic rings. The Morgan fingerprint density at radius 2 is 1.95 bits per heavy atom. The number of aromatic nitrogens is 1. The quantitative estimate of drug-likeness (QED) is 0.907. The minimum absolute atomic E-state index is 0.212. The van der Waals surface area contributed by atoms with Gasteiger partial charge in [0.15, 0.2) is 5.82 Å². The number of nitrogens with zero attached hydrogens (tertiary/aromatic N) is 1. The smallest absolute Gasteiger partial charge is 0.257 e. The summed E-state index contributed by atoms with van der Waals surface area (Å²) in [5, 5.41) is 5.03. The van der Waals surface area contributed by atoms with E-state index in [9.17, 15) is 13.6 Å². The summed E-state index contributed by atoms with van der Waals surface area (Å²) >= 11 is 0. The number of pyridine rings is 1. The van der Waals surface area contributed by atoms with Crippen LogP contribution in [0.1, 0.15) is 15.9 Å². The number of nitrogens with one attached hydrogen (secondary N) is 2. The van der Waals surface area contributed by atoms with Crippen molar-refractivity contribution in [3.63, 3.8) is 0 Å². The van der Waals surface area contributed by atoms with E-state index in [0.29, 0.717) is 5.82 Å². The molecule has 2 rings (SSSR count). The zero-order chi connectivity index (χ0) is 14.7. The Morgan fingerprint density at radius 1 is 1.20 bits per heavy atom. The Bertz CT molecular complexity index is 642. The van der Waals surface area contributed by atoms with Crippen molar-refractivity contribution < 1.29 is 13.6 Å². The molecule has 0 aliphatic heterocycles. The molecule has 0 fully saturated rings. The third-order valence-electron chi connectivity index (χ3n) is 2.80. The van der Waals surface area contributed by atoms with Crippen molar-refractivity contribution in [1.82, 2.24) is 4.98 Å². The standard InChI is InChI=1S/C14H13F2N3O/c1-8-3-5-10(15)13(12(8)16)19-14(20)9-4-6-11(17-2)18-7-9/h3-7H,1-2H3,(H,17,18)(H,19,20). The molecule has 1 aromatic heterocycles. The fraction of sp³-hybridized carbons (Fsp3) is 0.143. The summed E-state index contributed by atoms with van der Waals surface area (Å²) in [6.45, 7) is 1.49. The minimum Gasteiger partial charge on any atom is -0.373 e. The van der Waals surface area contributed by atoms with Crippen LogP contribution >= 0.6 is 0 Å². The number of anilines is 2. The van der Waals surface area contributed by atoms with Crippen LogP contribution in [0.3, 0.4) is 0 Å². The number of rotatable bonds is 3. The van der Waals surface area contributed by atoms with E-state index < -0.39 is 23.2 Å². The van der Waals surface area contributed by atoms with Gasteiger partial charge in [0.2, 0.25) is 0 Å². The molecular formula is C14H13F2N3O. The van der Waals surface area contributed by atoms with Gasteiger partial charge in [-0.2, -0.15) is 0 Å². The summed E-state index contributed by atoms with van der Waals surface area (Å²) in [6, 6.07) is 5.53. The predicted molar refractivity (Wildman–Crippen MR) is 72.8 cm³/mol. The molecule has 1 amide bonds. The lowest BCUT2D eigenvalue weighted by atomic mass is 10.2. The van der Waals surface area contributed by atoms with Gasteiger partial charge in [-0.05, 0) is 30.7 Å². The molecule has 0 radical (unpaired) electrons. The van der Waals surface area contributed by atoms with E-state index in [2.05, 4.69) is 15.6 Å². The second-order valence-electron chi connectivity index (χ2n) is 4.19. The van der Waals surface area contributed by atoms with E-state index in [1.165, 1.54) is 25.3 Å². The van der Waals surface area contributed by atoms with Crippen LogP contribution in [0.15, 0.2) is 30.5 Å². The monoisotopic (exact) mass is 277 g/mol. The molecule has 0 bridgehead atoms. The van der Waals surface area contributed by atoms with Crippen molar-refractivity contribution in [3.8, 4) is 0 Å². The molecule has 0 aliphatic carbocycles. The number of carbonyl (C=O) groups excluding carboxylic acids is 1. The molecule has 2 N–H and O–H groups in total. The summed E-state index contributed by atoms with van der Waals surface area (Å²) in [4.78, 5) is 15.9. The summed E-state index contributed by atoms with van der Waals surface area (Å²) in [5.41, 5.74) is 0.0161. The lowest BCUT2D eigenvalue weighted by Crippen LogP contribution is -2.15. The fourth-order valence-corrected chi connectivity index (χ4v) is 1.63. The average Bonchev–Trinajstić information content (AvgIpc) is 2.47. The third kappa shape index (κ3) is 2.74. The van der Waals surface area contributed by atoms with Gasteiger partial charge in [0, 0.05) is 13.2 Å². The topological polar surface area (TPSA) is 54.0 Å². The highest BCUT2D eigenvalue weighted by molar-refractivity contribution is 6.04. The lowest BCUT2D eigenvalue weighted by molar-refractivity contribution is 0.102. The molecule has 0 saturated carbocycles. The van der Waals surface area contributed by atoms with Crippen molar-refractivity contribution in [2.45, 2.75) is 6.92 Å². The van der Waals surface area contributed by atoms with Crippen LogP contribution in [-0.2, 0) is 0 Å². The SMILES string of the molecule is CNc1ccc(C(=O)Nc2c(F)ccc(C)c2F)cn1. The molecule has 0 saturated heterocycles. The molecule has 0 spiro atoms. The first-order valence-electron chi connectivity index (χ1n) is 5.92. The van der Waals surface area contributed by atoms with Gasteiger partial charge in [-0.25, -0.2) is 13.8 Å². The number of hydrogen-bond acceptors (Lipinski definition) is 3. The summed E-state index contributed by atoms with van der Waals surface area (Å²) in [7, 11) is 1.69. The van der Waals surface area contributed by atoms with Crippen LogP contribution in [0, 0.1) is 18.6 Å². The molecule has 104 valence electrons. The summed E-state index contributed by atoms with van der Waals surface area (Å²) < 4.78 is 27.3. The highest BCUT2D eigenvalue weighted by Gasteiger charge is 2.15. The number of carbonyl (C=O) groups is 1. The van der Waals surface area contributed by atoms with Crippen molar-refractivity contribution in [2.75, 3.05) is 17.7 Å². The first-order valence-corrected chi connectivity index (χ1v) is 5.92. The molecular weight excluding hydrogens is 264 g/mol. The second kappa shape index (κ2) is 5.64. The first kappa shape index (κ1) is 13.9. The molecule has 0 atom stereocenters. The maximum Gasteiger partial charge on any atom is 0.257 e. The normalized spacial score (nSPS) is 10.2. The predicted octanol–water partition coefficient (Wildman–Crippen LogP) is 2.96. The molecule has 1 heterocycles. The van der Waals surface area contributed by atoms with Gasteiger partial charge in [0.25, 0.3) is 5.91 Å². The number of hydrogen-bond donors (Lipinski definition) is 2. The van der Waals surface area contributed by atoms with E-state index in [0.717, 1.165) is 6.07 Å². The average molecular weight is 277 g/mol. The number of aryl methyl sites for hydroxylation is 1. The first-order chi connectivity index (χ1) is 9.52. The Hall–Kier alpha value is -2.50. The summed E-state index contributed by atoms with van der Waals surface area (Å²) in [5.74, 6) is -1.63. The van der Waals surface area contributed by atoms with Gasteiger partial charge < -0.3 is 10.6 Å². The fourth-order valence-electron chi connectivity index (χ4n) is 1.63. The largest absolute Gasteiger partial charge is 0.373 e. The zero-order valence-electron chi connectivity index (χ0n) is 11.0. The van der Waals surface area contributed by atoms with Gasteiger partial charge in [-0.3, -0.25) is 4.79 Å². The van der Waals surface area contributed by atoms with E-state index >= 15 is 0 Å². The highest BCUT2D eigenvalue weighted by atomic mass is 19.1. The van der Waals surface area contributed by atoms with Crippen molar-refractivity contribution >= 4 is 17.4 Å². The molecule has 1 aromatic carbocycles. The van der Waals surface area contributed by atoms with Crippen LogP contribution in [0.4, 0.5) is 20.3 Å². The molecule has 20 heavy (non-hydrogen) atoms. The van der Waals surface area contributed by atoms with Crippen LogP contribution in [0.5, 0.6) is 0 Å². The Labute approximate surface area is 114 Å². The van der Waals surface area contributed by atoms with Crippen molar-refractivity contribution in [2.24, 2.45) is 0 Å². The van der Waals surface area contributed by atoms with Crippen LogP contribution in [0.25, 0.3) is 0 Å². The molecule has 4 nitrogen and oxygen atoms in total. The van der Waals surface area contributed by atoms with E-state index in [1.54, 1.807) is 13.1 Å². The van der Waals surface area contributed by atoms with Crippen molar-refractivity contribution in [1.29, 1.82) is 0 Å². The van der Waals surface area contributed by atoms with Gasteiger partial charge in [0.05, 0.1) is 5.56 Å². The number of amides is 1. The Balaban J connectivity index is 2.25. The number of halogens is 2. The lowest BCUT2D eigenvalue weighted by Gasteiger charge is -2.09. The molecule has 6 heteroatoms. The summed E-state index contributed by atoms with van der Waals surface area (Å²) in [6.07, 6.45) is 1.33. The Kier molecular flexibility index (Phi) is 3.93. The van der Waals surface area contributed by atoms with E-state index in [4.69, 9.17) is 0 Å². The van der Waals surface area contributed by atoms with Crippen molar-refractivity contribution in [3.05, 3.63) is 53.2 Å².